The van der Waals surface area contributed by atoms with Crippen LogP contribution in [0.2, 0.25) is 0 Å². The van der Waals surface area contributed by atoms with Gasteiger partial charge in [0.25, 0.3) is 5.91 Å². The van der Waals surface area contributed by atoms with Gasteiger partial charge in [0.05, 0.1) is 11.1 Å². The van der Waals surface area contributed by atoms with Crippen molar-refractivity contribution in [2.75, 3.05) is 6.54 Å². The maximum atomic E-state index is 12.5. The number of hydrogen-bond acceptors (Lipinski definition) is 6. The Morgan fingerprint density at radius 2 is 2.08 bits per heavy atom. The van der Waals surface area contributed by atoms with E-state index in [0.717, 1.165) is 28.6 Å². The van der Waals surface area contributed by atoms with Crippen molar-refractivity contribution in [3.05, 3.63) is 40.9 Å². The van der Waals surface area contributed by atoms with Crippen molar-refractivity contribution in [1.29, 1.82) is 0 Å². The largest absolute Gasteiger partial charge is 0.348 e. The molecule has 1 amide bonds. The van der Waals surface area contributed by atoms with Crippen LogP contribution in [0, 0.1) is 5.92 Å². The summed E-state index contributed by atoms with van der Waals surface area (Å²) in [7, 11) is 0. The van der Waals surface area contributed by atoms with E-state index in [1.807, 2.05) is 24.3 Å². The predicted molar refractivity (Wildman–Crippen MR) is 103 cm³/mol. The van der Waals surface area contributed by atoms with Crippen molar-refractivity contribution in [2.24, 2.45) is 5.92 Å². The van der Waals surface area contributed by atoms with E-state index in [-0.39, 0.29) is 17.7 Å². The van der Waals surface area contributed by atoms with E-state index in [1.54, 1.807) is 13.1 Å². The van der Waals surface area contributed by atoms with Crippen molar-refractivity contribution in [3.63, 3.8) is 0 Å². The van der Waals surface area contributed by atoms with Crippen LogP contribution in [-0.2, 0) is 0 Å². The Hall–Kier alpha value is -1.70. The van der Waals surface area contributed by atoms with Crippen LogP contribution in [0.3, 0.4) is 0 Å². The average Bonchev–Trinajstić information content (AvgIpc) is 3.12. The predicted octanol–water partition coefficient (Wildman–Crippen LogP) is 3.37. The molecular weight excluding hydrogens is 366 g/mol. The first kappa shape index (κ1) is 17.7. The first-order valence-electron chi connectivity index (χ1n) is 8.87. The molecule has 1 aliphatic carbocycles. The molecule has 3 aliphatic rings. The summed E-state index contributed by atoms with van der Waals surface area (Å²) in [4.78, 5) is 29.8. The van der Waals surface area contributed by atoms with E-state index in [1.165, 1.54) is 29.5 Å². The molecule has 2 unspecified atom stereocenters. The normalized spacial score (nSPS) is 24.4. The lowest BCUT2D eigenvalue weighted by Crippen LogP contribution is -2.59. The third-order valence-corrected chi connectivity index (χ3v) is 7.28. The Morgan fingerprint density at radius 3 is 2.65 bits per heavy atom. The van der Waals surface area contributed by atoms with Crippen molar-refractivity contribution in [3.8, 4) is 0 Å². The molecule has 2 saturated heterocycles. The van der Waals surface area contributed by atoms with Crippen molar-refractivity contribution in [1.82, 2.24) is 15.6 Å². The van der Waals surface area contributed by atoms with Crippen LogP contribution in [0.1, 0.15) is 46.2 Å². The number of benzene rings is 1. The summed E-state index contributed by atoms with van der Waals surface area (Å²) >= 11 is 2.90. The molecule has 1 aromatic heterocycles. The number of carbonyl (C=O) groups excluding carboxylic acids is 2. The number of hydrogen-bond donors (Lipinski definition) is 2. The van der Waals surface area contributed by atoms with Crippen molar-refractivity contribution in [2.45, 2.75) is 47.5 Å². The number of aromatic nitrogens is 1. The third-order valence-electron chi connectivity index (χ3n) is 5.10. The molecule has 136 valence electrons. The molecule has 7 heteroatoms. The lowest BCUT2D eigenvalue weighted by Gasteiger charge is -2.43. The molecule has 1 aromatic carbocycles. The number of carbonyl (C=O) groups is 2. The van der Waals surface area contributed by atoms with Gasteiger partial charge in [-0.3, -0.25) is 9.59 Å². The molecule has 26 heavy (non-hydrogen) atoms. The number of rotatable bonds is 5. The van der Waals surface area contributed by atoms with E-state index in [0.29, 0.717) is 22.4 Å². The molecule has 3 atom stereocenters. The molecule has 2 bridgehead atoms. The molecule has 2 aromatic rings. The van der Waals surface area contributed by atoms with E-state index in [2.05, 4.69) is 15.6 Å². The van der Waals surface area contributed by atoms with E-state index in [9.17, 15) is 9.59 Å². The van der Waals surface area contributed by atoms with Gasteiger partial charge >= 0.3 is 0 Å². The van der Waals surface area contributed by atoms with Crippen LogP contribution in [-0.4, -0.2) is 35.3 Å². The van der Waals surface area contributed by atoms with Gasteiger partial charge in [-0.05, 0) is 56.0 Å². The van der Waals surface area contributed by atoms with E-state index < -0.39 is 0 Å². The minimum absolute atomic E-state index is 0.00554. The Kier molecular flexibility index (Phi) is 5.11. The zero-order valence-electron chi connectivity index (χ0n) is 14.5. The summed E-state index contributed by atoms with van der Waals surface area (Å²) < 4.78 is 0.830. The molecular formula is C19H21N3O2S2. The molecule has 2 aliphatic heterocycles. The van der Waals surface area contributed by atoms with Crippen LogP contribution in [0.15, 0.2) is 39.7 Å². The molecule has 3 heterocycles. The third kappa shape index (κ3) is 3.84. The monoisotopic (exact) mass is 387 g/mol. The summed E-state index contributed by atoms with van der Waals surface area (Å²) in [6, 6.07) is 8.22. The van der Waals surface area contributed by atoms with Gasteiger partial charge in [0.2, 0.25) is 0 Å². The Morgan fingerprint density at radius 1 is 1.27 bits per heavy atom. The standard InChI is InChI=1S/C19H21N3O2S2/c1-11(23)17-10-21-19(26-17)25-14-5-3-13(4-6-14)18(24)22-16-8-12-2-7-15(16)20-9-12/h3-6,10,12,15-16,20H,2,7-9H2,1H3,(H,22,24)/t12?,15?,16-/m1/s1. The lowest BCUT2D eigenvalue weighted by atomic mass is 9.78. The zero-order chi connectivity index (χ0) is 18.1. The smallest absolute Gasteiger partial charge is 0.251 e. The summed E-state index contributed by atoms with van der Waals surface area (Å²) in [6.07, 6.45) is 5.13. The highest BCUT2D eigenvalue weighted by Gasteiger charge is 2.36. The van der Waals surface area contributed by atoms with Gasteiger partial charge in [-0.2, -0.15) is 0 Å². The lowest BCUT2D eigenvalue weighted by molar-refractivity contribution is 0.0867. The zero-order valence-corrected chi connectivity index (χ0v) is 16.2. The molecule has 5 nitrogen and oxygen atoms in total. The van der Waals surface area contributed by atoms with Crippen LogP contribution in [0.4, 0.5) is 0 Å². The van der Waals surface area contributed by atoms with Gasteiger partial charge in [0, 0.05) is 29.5 Å². The first-order chi connectivity index (χ1) is 12.6. The fourth-order valence-electron chi connectivity index (χ4n) is 3.66. The number of fused-ring (bicyclic) bond motifs is 3. The Labute approximate surface area is 161 Å². The Bertz CT molecular complexity index is 810. The van der Waals surface area contributed by atoms with Gasteiger partial charge in [-0.15, -0.1) is 11.3 Å². The Balaban J connectivity index is 1.37. The molecule has 0 radical (unpaired) electrons. The molecule has 3 fully saturated rings. The maximum absolute atomic E-state index is 12.5. The molecule has 1 saturated carbocycles. The fourth-order valence-corrected chi connectivity index (χ4v) is 5.51. The summed E-state index contributed by atoms with van der Waals surface area (Å²) in [5.74, 6) is 0.726. The van der Waals surface area contributed by atoms with Crippen molar-refractivity contribution >= 4 is 34.8 Å². The summed E-state index contributed by atoms with van der Waals surface area (Å²) in [5.41, 5.74) is 0.680. The minimum atomic E-state index is -0.00554. The van der Waals surface area contributed by atoms with Gasteiger partial charge < -0.3 is 10.6 Å². The van der Waals surface area contributed by atoms with Gasteiger partial charge in [-0.1, -0.05) is 11.8 Å². The minimum Gasteiger partial charge on any atom is -0.348 e. The van der Waals surface area contributed by atoms with E-state index in [4.69, 9.17) is 0 Å². The number of nitrogens with one attached hydrogen (secondary N) is 2. The maximum Gasteiger partial charge on any atom is 0.251 e. The highest BCUT2D eigenvalue weighted by atomic mass is 32.2. The first-order valence-corrected chi connectivity index (χ1v) is 10.5. The fraction of sp³-hybridized carbons (Fsp3) is 0.421. The van der Waals surface area contributed by atoms with Crippen molar-refractivity contribution < 1.29 is 9.59 Å². The topological polar surface area (TPSA) is 71.1 Å². The van der Waals surface area contributed by atoms with Crippen LogP contribution >= 0.6 is 23.1 Å². The second-order valence-electron chi connectivity index (χ2n) is 6.95. The van der Waals surface area contributed by atoms with Gasteiger partial charge in [0.1, 0.15) is 0 Å². The average molecular weight is 388 g/mol. The second-order valence-corrected chi connectivity index (χ2v) is 9.30. The van der Waals surface area contributed by atoms with Crippen LogP contribution < -0.4 is 10.6 Å². The number of thiazole rings is 1. The highest BCUT2D eigenvalue weighted by molar-refractivity contribution is 8.01. The SMILES string of the molecule is CC(=O)c1cnc(Sc2ccc(C(=O)N[C@@H]3CC4CCC3NC4)cc2)s1. The van der Waals surface area contributed by atoms with Gasteiger partial charge in [0.15, 0.2) is 10.1 Å². The van der Waals surface area contributed by atoms with Crippen LogP contribution in [0.5, 0.6) is 0 Å². The number of piperidine rings is 2. The number of ketones is 1. The number of nitrogens with zero attached hydrogens (tertiary/aromatic N) is 1. The highest BCUT2D eigenvalue weighted by Crippen LogP contribution is 2.32. The number of amides is 1. The molecule has 0 spiro atoms. The summed E-state index contributed by atoms with van der Waals surface area (Å²) in [5, 5.41) is 6.72. The summed E-state index contributed by atoms with van der Waals surface area (Å²) in [6.45, 7) is 2.63. The number of Topliss-reactive ketones (excluding diaryl/α,β-unsaturated/α-hetero) is 1. The second kappa shape index (κ2) is 7.50. The molecule has 2 N–H and O–H groups in total. The van der Waals surface area contributed by atoms with Gasteiger partial charge in [-0.25, -0.2) is 4.98 Å². The van der Waals surface area contributed by atoms with E-state index >= 15 is 0 Å². The molecule has 5 rings (SSSR count). The van der Waals surface area contributed by atoms with Crippen LogP contribution in [0.25, 0.3) is 0 Å². The quantitative estimate of drug-likeness (QED) is 0.770.